The lowest BCUT2D eigenvalue weighted by Gasteiger charge is -2.25. The molecule has 23 heavy (non-hydrogen) atoms. The lowest BCUT2D eigenvalue weighted by atomic mass is 10.1. The number of rotatable bonds is 4. The highest BCUT2D eigenvalue weighted by Crippen LogP contribution is 2.24. The number of methoxy groups -OCH3 is 1. The van der Waals surface area contributed by atoms with E-state index in [-0.39, 0.29) is 11.9 Å². The van der Waals surface area contributed by atoms with Crippen LogP contribution in [0.15, 0.2) is 30.3 Å². The van der Waals surface area contributed by atoms with Gasteiger partial charge in [-0.1, -0.05) is 30.3 Å². The van der Waals surface area contributed by atoms with Crippen molar-refractivity contribution in [2.45, 2.75) is 26.8 Å². The molecule has 0 bridgehead atoms. The number of carbonyl (C=O) groups is 2. The van der Waals surface area contributed by atoms with Crippen molar-refractivity contribution in [3.63, 3.8) is 0 Å². The van der Waals surface area contributed by atoms with E-state index < -0.39 is 5.97 Å². The smallest absolute Gasteiger partial charge is 0.339 e. The van der Waals surface area contributed by atoms with Crippen molar-refractivity contribution in [2.75, 3.05) is 14.2 Å². The van der Waals surface area contributed by atoms with Crippen LogP contribution in [-0.2, 0) is 4.74 Å². The van der Waals surface area contributed by atoms with E-state index in [1.54, 1.807) is 25.8 Å². The fraction of sp³-hybridized carbons (Fsp3) is 0.333. The predicted octanol–water partition coefficient (Wildman–Crippen LogP) is 3.25. The van der Waals surface area contributed by atoms with Gasteiger partial charge in [0, 0.05) is 12.7 Å². The Bertz CT molecular complexity index is 719. The van der Waals surface area contributed by atoms with Crippen LogP contribution in [-0.4, -0.2) is 35.9 Å². The summed E-state index contributed by atoms with van der Waals surface area (Å²) in [5, 5.41) is 0. The summed E-state index contributed by atoms with van der Waals surface area (Å²) in [5.74, 6) is -0.592. The molecular formula is C18H22N2O3. The number of H-pyrrole nitrogens is 1. The van der Waals surface area contributed by atoms with Crippen molar-refractivity contribution >= 4 is 11.9 Å². The average Bonchev–Trinajstić information content (AvgIpc) is 2.87. The third kappa shape index (κ3) is 3.13. The van der Waals surface area contributed by atoms with Gasteiger partial charge in [0.05, 0.1) is 18.7 Å². The number of aryl methyl sites for hydroxylation is 1. The van der Waals surface area contributed by atoms with Crippen molar-refractivity contribution in [1.82, 2.24) is 9.88 Å². The minimum absolute atomic E-state index is 0.0757. The largest absolute Gasteiger partial charge is 0.465 e. The number of nitrogens with one attached hydrogen (secondary N) is 1. The fourth-order valence-electron chi connectivity index (χ4n) is 2.68. The first-order chi connectivity index (χ1) is 10.9. The molecule has 0 aliphatic rings. The summed E-state index contributed by atoms with van der Waals surface area (Å²) in [6.07, 6.45) is 0. The molecule has 0 aliphatic heterocycles. The maximum atomic E-state index is 12.8. The molecule has 1 atom stereocenters. The van der Waals surface area contributed by atoms with Gasteiger partial charge in [0.15, 0.2) is 0 Å². The zero-order chi connectivity index (χ0) is 17.1. The lowest BCUT2D eigenvalue weighted by Crippen LogP contribution is -2.30. The number of amides is 1. The Morgan fingerprint density at radius 3 is 2.35 bits per heavy atom. The van der Waals surface area contributed by atoms with Gasteiger partial charge >= 0.3 is 5.97 Å². The van der Waals surface area contributed by atoms with E-state index in [1.165, 1.54) is 7.11 Å². The van der Waals surface area contributed by atoms with Crippen LogP contribution in [0.2, 0.25) is 0 Å². The summed E-state index contributed by atoms with van der Waals surface area (Å²) in [6.45, 7) is 5.49. The molecule has 1 aromatic carbocycles. The van der Waals surface area contributed by atoms with Crippen LogP contribution in [0.4, 0.5) is 0 Å². The molecule has 1 heterocycles. The van der Waals surface area contributed by atoms with Gasteiger partial charge in [0.25, 0.3) is 5.91 Å². The molecule has 0 radical (unpaired) electrons. The number of esters is 1. The molecule has 0 fully saturated rings. The number of benzene rings is 1. The van der Waals surface area contributed by atoms with Crippen molar-refractivity contribution < 1.29 is 14.3 Å². The van der Waals surface area contributed by atoms with E-state index in [9.17, 15) is 9.59 Å². The maximum absolute atomic E-state index is 12.8. The second kappa shape index (κ2) is 6.69. The van der Waals surface area contributed by atoms with E-state index in [4.69, 9.17) is 4.74 Å². The number of hydrogen-bond donors (Lipinski definition) is 1. The van der Waals surface area contributed by atoms with E-state index in [0.29, 0.717) is 22.5 Å². The van der Waals surface area contributed by atoms with Crippen LogP contribution >= 0.6 is 0 Å². The highest BCUT2D eigenvalue weighted by molar-refractivity contribution is 6.00. The Morgan fingerprint density at radius 2 is 1.78 bits per heavy atom. The molecule has 5 heteroatoms. The van der Waals surface area contributed by atoms with E-state index in [1.807, 2.05) is 37.3 Å². The van der Waals surface area contributed by atoms with Gasteiger partial charge in [-0.05, 0) is 31.9 Å². The maximum Gasteiger partial charge on any atom is 0.339 e. The zero-order valence-corrected chi connectivity index (χ0v) is 14.1. The summed E-state index contributed by atoms with van der Waals surface area (Å²) in [5.41, 5.74) is 3.16. The van der Waals surface area contributed by atoms with Gasteiger partial charge < -0.3 is 14.6 Å². The van der Waals surface area contributed by atoms with Crippen LogP contribution in [0.3, 0.4) is 0 Å². The number of aromatic nitrogens is 1. The number of hydrogen-bond acceptors (Lipinski definition) is 3. The van der Waals surface area contributed by atoms with Crippen molar-refractivity contribution in [3.8, 4) is 0 Å². The summed E-state index contributed by atoms with van der Waals surface area (Å²) in [4.78, 5) is 29.3. The highest BCUT2D eigenvalue weighted by atomic mass is 16.5. The SMILES string of the molecule is COC(=O)c1c(C)[nH]c(C(=O)N(C)C(C)c2ccccc2)c1C. The summed E-state index contributed by atoms with van der Waals surface area (Å²) in [6, 6.07) is 9.74. The van der Waals surface area contributed by atoms with Gasteiger partial charge in [-0.2, -0.15) is 0 Å². The molecule has 0 spiro atoms. The first-order valence-corrected chi connectivity index (χ1v) is 7.48. The topological polar surface area (TPSA) is 62.4 Å². The number of carbonyl (C=O) groups excluding carboxylic acids is 2. The predicted molar refractivity (Wildman–Crippen MR) is 88.6 cm³/mol. The second-order valence-electron chi connectivity index (χ2n) is 5.62. The summed E-state index contributed by atoms with van der Waals surface area (Å²) < 4.78 is 4.78. The van der Waals surface area contributed by atoms with Crippen molar-refractivity contribution in [1.29, 1.82) is 0 Å². The monoisotopic (exact) mass is 314 g/mol. The molecule has 0 saturated heterocycles. The minimum atomic E-state index is -0.436. The quantitative estimate of drug-likeness (QED) is 0.881. The van der Waals surface area contributed by atoms with Crippen molar-refractivity contribution in [3.05, 3.63) is 58.4 Å². The third-order valence-electron chi connectivity index (χ3n) is 4.22. The molecule has 5 nitrogen and oxygen atoms in total. The van der Waals surface area contributed by atoms with E-state index in [2.05, 4.69) is 4.98 Å². The lowest BCUT2D eigenvalue weighted by molar-refractivity contribution is 0.0599. The summed E-state index contributed by atoms with van der Waals surface area (Å²) >= 11 is 0. The average molecular weight is 314 g/mol. The molecule has 2 rings (SSSR count). The Morgan fingerprint density at radius 1 is 1.17 bits per heavy atom. The van der Waals surface area contributed by atoms with Gasteiger partial charge in [0.1, 0.15) is 5.69 Å². The number of ether oxygens (including phenoxy) is 1. The first kappa shape index (κ1) is 16.8. The van der Waals surface area contributed by atoms with Crippen LogP contribution in [0.5, 0.6) is 0 Å². The Kier molecular flexibility index (Phi) is 4.89. The van der Waals surface area contributed by atoms with Crippen LogP contribution < -0.4 is 0 Å². The van der Waals surface area contributed by atoms with Gasteiger partial charge in [-0.25, -0.2) is 4.79 Å². The Labute approximate surface area is 136 Å². The molecule has 1 unspecified atom stereocenters. The molecule has 122 valence electrons. The van der Waals surface area contributed by atoms with Crippen LogP contribution in [0.25, 0.3) is 0 Å². The Hall–Kier alpha value is -2.56. The molecule has 2 aromatic rings. The fourth-order valence-corrected chi connectivity index (χ4v) is 2.68. The van der Waals surface area contributed by atoms with E-state index in [0.717, 1.165) is 5.56 Å². The molecule has 0 aliphatic carbocycles. The molecule has 0 saturated carbocycles. The zero-order valence-electron chi connectivity index (χ0n) is 14.1. The third-order valence-corrected chi connectivity index (χ3v) is 4.22. The molecular weight excluding hydrogens is 292 g/mol. The first-order valence-electron chi connectivity index (χ1n) is 7.48. The number of nitrogens with zero attached hydrogens (tertiary/aromatic N) is 1. The summed E-state index contributed by atoms with van der Waals surface area (Å²) in [7, 11) is 3.09. The van der Waals surface area contributed by atoms with Gasteiger partial charge in [-0.15, -0.1) is 0 Å². The minimum Gasteiger partial charge on any atom is -0.465 e. The van der Waals surface area contributed by atoms with Gasteiger partial charge in [0.2, 0.25) is 0 Å². The number of aromatic amines is 1. The highest BCUT2D eigenvalue weighted by Gasteiger charge is 2.26. The molecule has 1 amide bonds. The molecule has 1 N–H and O–H groups in total. The van der Waals surface area contributed by atoms with Gasteiger partial charge in [-0.3, -0.25) is 4.79 Å². The standard InChI is InChI=1S/C18H22N2O3/c1-11-15(18(22)23-5)12(2)19-16(11)17(21)20(4)13(3)14-9-7-6-8-10-14/h6-10,13,19H,1-5H3. The van der Waals surface area contributed by atoms with Crippen molar-refractivity contribution in [2.24, 2.45) is 0 Å². The molecule has 1 aromatic heterocycles. The second-order valence-corrected chi connectivity index (χ2v) is 5.62. The normalized spacial score (nSPS) is 11.9. The van der Waals surface area contributed by atoms with Crippen LogP contribution in [0, 0.1) is 13.8 Å². The van der Waals surface area contributed by atoms with E-state index >= 15 is 0 Å². The van der Waals surface area contributed by atoms with Crippen LogP contribution in [0.1, 0.15) is 50.6 Å². The Balaban J connectivity index is 2.32.